The number of aryl methyl sites for hydroxylation is 1. The second kappa shape index (κ2) is 7.35. The molecule has 0 aromatic heterocycles. The van der Waals surface area contributed by atoms with E-state index in [1.54, 1.807) is 0 Å². The van der Waals surface area contributed by atoms with E-state index in [-0.39, 0.29) is 6.10 Å². The average Bonchev–Trinajstić information content (AvgIpc) is 2.59. The van der Waals surface area contributed by atoms with Crippen molar-refractivity contribution in [3.8, 4) is 0 Å². The quantitative estimate of drug-likeness (QED) is 0.856. The third-order valence-electron chi connectivity index (χ3n) is 5.11. The van der Waals surface area contributed by atoms with Gasteiger partial charge in [-0.25, -0.2) is 0 Å². The molecular formula is C19H28N2O2. The van der Waals surface area contributed by atoms with Crippen LogP contribution < -0.4 is 4.90 Å². The number of hydrogen-bond acceptors (Lipinski definition) is 3. The van der Waals surface area contributed by atoms with Gasteiger partial charge in [0.15, 0.2) is 0 Å². The fraction of sp³-hybridized carbons (Fsp3) is 0.632. The SMILES string of the molecule is CN(C)c1cccc(CCC(=O)N2CCO[C@@H]3CCCC[C@@H]32)c1. The normalized spacial score (nSPS) is 24.2. The second-order valence-corrected chi connectivity index (χ2v) is 6.91. The van der Waals surface area contributed by atoms with Crippen LogP contribution >= 0.6 is 0 Å². The molecule has 0 N–H and O–H groups in total. The van der Waals surface area contributed by atoms with Gasteiger partial charge in [0.05, 0.1) is 18.8 Å². The number of rotatable bonds is 4. The Kier molecular flexibility index (Phi) is 5.21. The summed E-state index contributed by atoms with van der Waals surface area (Å²) in [6.07, 6.45) is 6.36. The van der Waals surface area contributed by atoms with Crippen molar-refractivity contribution in [3.63, 3.8) is 0 Å². The van der Waals surface area contributed by atoms with E-state index >= 15 is 0 Å². The molecule has 1 aromatic rings. The number of carbonyl (C=O) groups excluding carboxylic acids is 1. The summed E-state index contributed by atoms with van der Waals surface area (Å²) in [4.78, 5) is 16.9. The van der Waals surface area contributed by atoms with Gasteiger partial charge in [0.1, 0.15) is 0 Å². The van der Waals surface area contributed by atoms with Crippen LogP contribution in [0.2, 0.25) is 0 Å². The summed E-state index contributed by atoms with van der Waals surface area (Å²) in [5, 5.41) is 0. The summed E-state index contributed by atoms with van der Waals surface area (Å²) in [6.45, 7) is 1.46. The number of anilines is 1. The van der Waals surface area contributed by atoms with Gasteiger partial charge in [0.2, 0.25) is 5.91 Å². The predicted molar refractivity (Wildman–Crippen MR) is 92.8 cm³/mol. The van der Waals surface area contributed by atoms with Crippen molar-refractivity contribution in [2.45, 2.75) is 50.7 Å². The maximum Gasteiger partial charge on any atom is 0.223 e. The number of nitrogens with zero attached hydrogens (tertiary/aromatic N) is 2. The van der Waals surface area contributed by atoms with Gasteiger partial charge < -0.3 is 14.5 Å². The summed E-state index contributed by atoms with van der Waals surface area (Å²) in [5.41, 5.74) is 2.42. The average molecular weight is 316 g/mol. The van der Waals surface area contributed by atoms with Gasteiger partial charge in [-0.3, -0.25) is 4.79 Å². The van der Waals surface area contributed by atoms with E-state index in [9.17, 15) is 4.79 Å². The highest BCUT2D eigenvalue weighted by Crippen LogP contribution is 2.29. The number of carbonyl (C=O) groups is 1. The molecule has 2 fully saturated rings. The van der Waals surface area contributed by atoms with Gasteiger partial charge >= 0.3 is 0 Å². The Morgan fingerprint density at radius 3 is 2.96 bits per heavy atom. The third-order valence-corrected chi connectivity index (χ3v) is 5.11. The molecule has 1 aromatic carbocycles. The van der Waals surface area contributed by atoms with Crippen molar-refractivity contribution < 1.29 is 9.53 Å². The Balaban J connectivity index is 1.59. The second-order valence-electron chi connectivity index (χ2n) is 6.91. The van der Waals surface area contributed by atoms with E-state index in [2.05, 4.69) is 34.1 Å². The van der Waals surface area contributed by atoms with Crippen molar-refractivity contribution in [2.24, 2.45) is 0 Å². The zero-order valence-corrected chi connectivity index (χ0v) is 14.3. The fourth-order valence-electron chi connectivity index (χ4n) is 3.79. The molecule has 0 unspecified atom stereocenters. The van der Waals surface area contributed by atoms with E-state index in [0.717, 1.165) is 25.8 Å². The lowest BCUT2D eigenvalue weighted by atomic mass is 9.90. The first-order valence-electron chi connectivity index (χ1n) is 8.82. The highest BCUT2D eigenvalue weighted by atomic mass is 16.5. The minimum Gasteiger partial charge on any atom is -0.378 e. The Bertz CT molecular complexity index is 542. The van der Waals surface area contributed by atoms with Gasteiger partial charge in [-0.1, -0.05) is 25.0 Å². The molecule has 23 heavy (non-hydrogen) atoms. The van der Waals surface area contributed by atoms with Crippen LogP contribution in [0.25, 0.3) is 0 Å². The Hall–Kier alpha value is -1.55. The number of ether oxygens (including phenoxy) is 1. The molecule has 1 heterocycles. The summed E-state index contributed by atoms with van der Waals surface area (Å²) < 4.78 is 5.87. The molecule has 4 heteroatoms. The molecule has 0 radical (unpaired) electrons. The number of amides is 1. The molecule has 0 spiro atoms. The van der Waals surface area contributed by atoms with Gasteiger partial charge in [-0.2, -0.15) is 0 Å². The van der Waals surface area contributed by atoms with Gasteiger partial charge in [-0.15, -0.1) is 0 Å². The van der Waals surface area contributed by atoms with E-state index in [0.29, 0.717) is 25.0 Å². The Labute approximate surface area is 139 Å². The molecule has 3 rings (SSSR count). The van der Waals surface area contributed by atoms with Crippen LogP contribution in [0.1, 0.15) is 37.7 Å². The number of benzene rings is 1. The summed E-state index contributed by atoms with van der Waals surface area (Å²) in [5.74, 6) is 0.292. The van der Waals surface area contributed by atoms with E-state index in [1.165, 1.54) is 24.1 Å². The van der Waals surface area contributed by atoms with E-state index in [1.807, 2.05) is 14.1 Å². The number of fused-ring (bicyclic) bond motifs is 1. The van der Waals surface area contributed by atoms with Crippen molar-refractivity contribution in [3.05, 3.63) is 29.8 Å². The van der Waals surface area contributed by atoms with Crippen LogP contribution in [0.4, 0.5) is 5.69 Å². The molecule has 126 valence electrons. The van der Waals surface area contributed by atoms with Crippen LogP contribution in [0, 0.1) is 0 Å². The molecule has 2 atom stereocenters. The summed E-state index contributed by atoms with van der Waals surface area (Å²) in [6, 6.07) is 8.78. The van der Waals surface area contributed by atoms with Crippen LogP contribution in [-0.4, -0.2) is 50.2 Å². The van der Waals surface area contributed by atoms with Crippen LogP contribution in [0.15, 0.2) is 24.3 Å². The highest BCUT2D eigenvalue weighted by molar-refractivity contribution is 5.77. The first kappa shape index (κ1) is 16.3. The molecule has 1 aliphatic heterocycles. The fourth-order valence-corrected chi connectivity index (χ4v) is 3.79. The summed E-state index contributed by atoms with van der Waals surface area (Å²) in [7, 11) is 4.09. The topological polar surface area (TPSA) is 32.8 Å². The molecule has 1 saturated carbocycles. The highest BCUT2D eigenvalue weighted by Gasteiger charge is 2.36. The van der Waals surface area contributed by atoms with E-state index in [4.69, 9.17) is 4.74 Å². The standard InChI is InChI=1S/C19H28N2O2/c1-20(2)16-7-5-6-15(14-16)10-11-19(22)21-12-13-23-18-9-4-3-8-17(18)21/h5-7,14,17-18H,3-4,8-13H2,1-2H3/t17-,18+/m0/s1. The van der Waals surface area contributed by atoms with Crippen molar-refractivity contribution in [1.82, 2.24) is 4.90 Å². The van der Waals surface area contributed by atoms with E-state index < -0.39 is 0 Å². The predicted octanol–water partition coefficient (Wildman–Crippen LogP) is 2.86. The first-order valence-corrected chi connectivity index (χ1v) is 8.82. The maximum atomic E-state index is 12.7. The van der Waals surface area contributed by atoms with Crippen molar-refractivity contribution >= 4 is 11.6 Å². The van der Waals surface area contributed by atoms with Gasteiger partial charge in [-0.05, 0) is 37.0 Å². The maximum absolute atomic E-state index is 12.7. The lowest BCUT2D eigenvalue weighted by Gasteiger charge is -2.43. The molecule has 1 saturated heterocycles. The van der Waals surface area contributed by atoms with Crippen LogP contribution in [0.3, 0.4) is 0 Å². The Morgan fingerprint density at radius 2 is 2.13 bits per heavy atom. The van der Waals surface area contributed by atoms with Gasteiger partial charge in [0.25, 0.3) is 0 Å². The molecule has 1 amide bonds. The van der Waals surface area contributed by atoms with Crippen LogP contribution in [0.5, 0.6) is 0 Å². The molecule has 2 aliphatic rings. The largest absolute Gasteiger partial charge is 0.378 e. The summed E-state index contributed by atoms with van der Waals surface area (Å²) >= 11 is 0. The molecule has 1 aliphatic carbocycles. The molecular weight excluding hydrogens is 288 g/mol. The lowest BCUT2D eigenvalue weighted by Crippen LogP contribution is -2.54. The zero-order chi connectivity index (χ0) is 16.2. The first-order chi connectivity index (χ1) is 11.1. The lowest BCUT2D eigenvalue weighted by molar-refractivity contribution is -0.149. The number of morpholine rings is 1. The van der Waals surface area contributed by atoms with Crippen LogP contribution in [-0.2, 0) is 16.0 Å². The Morgan fingerprint density at radius 1 is 1.30 bits per heavy atom. The minimum absolute atomic E-state index is 0.276. The third kappa shape index (κ3) is 3.86. The zero-order valence-electron chi connectivity index (χ0n) is 14.3. The molecule has 0 bridgehead atoms. The van der Waals surface area contributed by atoms with Gasteiger partial charge in [0, 0.05) is 32.7 Å². The molecule has 4 nitrogen and oxygen atoms in total. The smallest absolute Gasteiger partial charge is 0.223 e. The monoisotopic (exact) mass is 316 g/mol. The van der Waals surface area contributed by atoms with Crippen molar-refractivity contribution in [1.29, 1.82) is 0 Å². The number of hydrogen-bond donors (Lipinski definition) is 0. The minimum atomic E-state index is 0.276. The van der Waals surface area contributed by atoms with Crippen molar-refractivity contribution in [2.75, 3.05) is 32.1 Å².